The first-order valence-corrected chi connectivity index (χ1v) is 6.59. The molecule has 0 saturated carbocycles. The highest BCUT2D eigenvalue weighted by Gasteiger charge is 2.19. The third kappa shape index (κ3) is 1.99. The molecule has 18 heavy (non-hydrogen) atoms. The molecule has 96 valence electrons. The van der Waals surface area contributed by atoms with Gasteiger partial charge in [-0.05, 0) is 38.5 Å². The monoisotopic (exact) mass is 245 g/mol. The number of hydrogen-bond donors (Lipinski definition) is 0. The van der Waals surface area contributed by atoms with E-state index in [0.29, 0.717) is 6.04 Å². The Labute approximate surface area is 107 Å². The summed E-state index contributed by atoms with van der Waals surface area (Å²) in [6.45, 7) is 5.80. The van der Waals surface area contributed by atoms with Gasteiger partial charge in [-0.2, -0.15) is 0 Å². The van der Waals surface area contributed by atoms with E-state index < -0.39 is 0 Å². The van der Waals surface area contributed by atoms with Gasteiger partial charge in [0.2, 0.25) is 0 Å². The highest BCUT2D eigenvalue weighted by Crippen LogP contribution is 2.31. The van der Waals surface area contributed by atoms with Gasteiger partial charge in [-0.3, -0.25) is 0 Å². The topological polar surface area (TPSA) is 23.4 Å². The van der Waals surface area contributed by atoms with Crippen LogP contribution in [-0.4, -0.2) is 23.9 Å². The van der Waals surface area contributed by atoms with Crippen LogP contribution in [0.3, 0.4) is 0 Å². The second kappa shape index (κ2) is 4.65. The highest BCUT2D eigenvalue weighted by molar-refractivity contribution is 5.86. The van der Waals surface area contributed by atoms with Gasteiger partial charge in [0, 0.05) is 18.2 Å². The molecule has 1 unspecified atom stereocenters. The summed E-state index contributed by atoms with van der Waals surface area (Å²) >= 11 is 0. The molecule has 1 fully saturated rings. The van der Waals surface area contributed by atoms with E-state index in [0.717, 1.165) is 25.4 Å². The Morgan fingerprint density at radius 1 is 1.33 bits per heavy atom. The van der Waals surface area contributed by atoms with E-state index in [4.69, 9.17) is 9.47 Å². The van der Waals surface area contributed by atoms with Gasteiger partial charge in [-0.1, -0.05) is 6.07 Å². The van der Waals surface area contributed by atoms with Crippen LogP contribution < -0.4 is 4.74 Å². The van der Waals surface area contributed by atoms with Gasteiger partial charge in [0.15, 0.2) is 0 Å². The van der Waals surface area contributed by atoms with Crippen molar-refractivity contribution in [1.82, 2.24) is 4.57 Å². The first-order chi connectivity index (χ1) is 8.75. The van der Waals surface area contributed by atoms with Gasteiger partial charge in [0.25, 0.3) is 0 Å². The summed E-state index contributed by atoms with van der Waals surface area (Å²) in [5.41, 5.74) is 1.24. The molecule has 0 aliphatic carbocycles. The largest absolute Gasteiger partial charge is 0.490 e. The Morgan fingerprint density at radius 2 is 2.22 bits per heavy atom. The molecule has 0 amide bonds. The molecule has 0 spiro atoms. The van der Waals surface area contributed by atoms with Crippen molar-refractivity contribution in [3.8, 4) is 5.75 Å². The Hall–Kier alpha value is -1.48. The summed E-state index contributed by atoms with van der Waals surface area (Å²) in [5, 5.41) is 1.19. The summed E-state index contributed by atoms with van der Waals surface area (Å²) < 4.78 is 13.6. The van der Waals surface area contributed by atoms with Crippen LogP contribution in [0, 0.1) is 0 Å². The Kier molecular flexibility index (Phi) is 3.00. The number of benzene rings is 1. The van der Waals surface area contributed by atoms with E-state index in [2.05, 4.69) is 42.8 Å². The van der Waals surface area contributed by atoms with Crippen LogP contribution in [0.15, 0.2) is 30.5 Å². The minimum atomic E-state index is 0.203. The zero-order valence-corrected chi connectivity index (χ0v) is 10.9. The zero-order chi connectivity index (χ0) is 12.5. The lowest BCUT2D eigenvalue weighted by Crippen LogP contribution is -2.07. The van der Waals surface area contributed by atoms with Gasteiger partial charge in [0.1, 0.15) is 5.75 Å². The molecule has 3 nitrogen and oxygen atoms in total. The number of rotatable bonds is 3. The maximum atomic E-state index is 5.86. The Morgan fingerprint density at radius 3 is 2.94 bits per heavy atom. The molecule has 3 heteroatoms. The third-order valence-electron chi connectivity index (χ3n) is 3.38. The molecular formula is C15H19NO2. The lowest BCUT2D eigenvalue weighted by atomic mass is 10.2. The molecule has 0 N–H and O–H groups in total. The van der Waals surface area contributed by atoms with Gasteiger partial charge >= 0.3 is 0 Å². The first-order valence-electron chi connectivity index (χ1n) is 6.59. The molecule has 1 aliphatic rings. The highest BCUT2D eigenvalue weighted by atomic mass is 16.5. The van der Waals surface area contributed by atoms with Crippen molar-refractivity contribution in [2.75, 3.05) is 13.2 Å². The number of fused-ring (bicyclic) bond motifs is 1. The number of aromatic nitrogens is 1. The SMILES string of the molecule is CC(C)Oc1cccc2c1ccn2C1CCOC1. The Bertz CT molecular complexity index is 538. The van der Waals surface area contributed by atoms with Crippen LogP contribution in [0.25, 0.3) is 10.9 Å². The van der Waals surface area contributed by atoms with E-state index in [1.807, 2.05) is 6.07 Å². The number of hydrogen-bond acceptors (Lipinski definition) is 2. The summed E-state index contributed by atoms with van der Waals surface area (Å²) in [5.74, 6) is 0.972. The van der Waals surface area contributed by atoms with Gasteiger partial charge in [0.05, 0.1) is 24.3 Å². The summed E-state index contributed by atoms with van der Waals surface area (Å²) in [6, 6.07) is 8.87. The minimum Gasteiger partial charge on any atom is -0.490 e. The second-order valence-corrected chi connectivity index (χ2v) is 5.10. The number of nitrogens with zero attached hydrogens (tertiary/aromatic N) is 1. The van der Waals surface area contributed by atoms with Crippen molar-refractivity contribution in [2.45, 2.75) is 32.4 Å². The standard InChI is InChI=1S/C15H19NO2/c1-11(2)18-15-5-3-4-14-13(15)6-8-16(14)12-7-9-17-10-12/h3-6,8,11-12H,7,9-10H2,1-2H3. The fraction of sp³-hybridized carbons (Fsp3) is 0.467. The van der Waals surface area contributed by atoms with Crippen LogP contribution in [0.5, 0.6) is 5.75 Å². The number of ether oxygens (including phenoxy) is 2. The van der Waals surface area contributed by atoms with Crippen molar-refractivity contribution in [2.24, 2.45) is 0 Å². The maximum Gasteiger partial charge on any atom is 0.129 e. The average Bonchev–Trinajstić information content (AvgIpc) is 2.96. The molecule has 2 heterocycles. The lowest BCUT2D eigenvalue weighted by Gasteiger charge is -2.14. The fourth-order valence-electron chi connectivity index (χ4n) is 2.58. The summed E-state index contributed by atoms with van der Waals surface area (Å²) in [7, 11) is 0. The molecule has 3 rings (SSSR count). The van der Waals surface area contributed by atoms with Crippen molar-refractivity contribution in [3.63, 3.8) is 0 Å². The fourth-order valence-corrected chi connectivity index (χ4v) is 2.58. The third-order valence-corrected chi connectivity index (χ3v) is 3.38. The predicted molar refractivity (Wildman–Crippen MR) is 72.2 cm³/mol. The molecule has 0 radical (unpaired) electrons. The molecule has 0 bridgehead atoms. The van der Waals surface area contributed by atoms with Crippen LogP contribution >= 0.6 is 0 Å². The molecule has 1 aliphatic heterocycles. The van der Waals surface area contributed by atoms with Gasteiger partial charge in [-0.25, -0.2) is 0 Å². The second-order valence-electron chi connectivity index (χ2n) is 5.10. The van der Waals surface area contributed by atoms with Gasteiger partial charge in [-0.15, -0.1) is 0 Å². The maximum absolute atomic E-state index is 5.86. The van der Waals surface area contributed by atoms with E-state index in [1.165, 1.54) is 10.9 Å². The van der Waals surface area contributed by atoms with Crippen LogP contribution in [0.2, 0.25) is 0 Å². The molecule has 1 atom stereocenters. The molecule has 2 aromatic rings. The molecule has 1 saturated heterocycles. The van der Waals surface area contributed by atoms with Crippen LogP contribution in [0.4, 0.5) is 0 Å². The minimum absolute atomic E-state index is 0.203. The Balaban J connectivity index is 2.03. The predicted octanol–water partition coefficient (Wildman–Crippen LogP) is 3.39. The quantitative estimate of drug-likeness (QED) is 0.827. The molecule has 1 aromatic carbocycles. The van der Waals surface area contributed by atoms with E-state index in [9.17, 15) is 0 Å². The van der Waals surface area contributed by atoms with Crippen LogP contribution in [-0.2, 0) is 4.74 Å². The van der Waals surface area contributed by atoms with E-state index >= 15 is 0 Å². The van der Waals surface area contributed by atoms with Gasteiger partial charge < -0.3 is 14.0 Å². The summed E-state index contributed by atoms with van der Waals surface area (Å²) in [4.78, 5) is 0. The normalized spacial score (nSPS) is 19.8. The lowest BCUT2D eigenvalue weighted by molar-refractivity contribution is 0.187. The van der Waals surface area contributed by atoms with Crippen molar-refractivity contribution in [1.29, 1.82) is 0 Å². The van der Waals surface area contributed by atoms with E-state index in [-0.39, 0.29) is 6.10 Å². The summed E-state index contributed by atoms with van der Waals surface area (Å²) in [6.07, 6.45) is 3.45. The molecule has 1 aromatic heterocycles. The van der Waals surface area contributed by atoms with Crippen LogP contribution in [0.1, 0.15) is 26.3 Å². The smallest absolute Gasteiger partial charge is 0.129 e. The van der Waals surface area contributed by atoms with Crippen molar-refractivity contribution in [3.05, 3.63) is 30.5 Å². The average molecular weight is 245 g/mol. The van der Waals surface area contributed by atoms with E-state index in [1.54, 1.807) is 0 Å². The molecular weight excluding hydrogens is 226 g/mol. The van der Waals surface area contributed by atoms with Crippen molar-refractivity contribution < 1.29 is 9.47 Å². The first kappa shape index (κ1) is 11.6. The van der Waals surface area contributed by atoms with Crippen molar-refractivity contribution >= 4 is 10.9 Å². The zero-order valence-electron chi connectivity index (χ0n) is 10.9.